The highest BCUT2D eigenvalue weighted by molar-refractivity contribution is 5.81. The molecule has 20 heavy (non-hydrogen) atoms. The monoisotopic (exact) mass is 284 g/mol. The van der Waals surface area contributed by atoms with E-state index in [1.54, 1.807) is 12.1 Å². The molecule has 0 radical (unpaired) electrons. The van der Waals surface area contributed by atoms with E-state index >= 15 is 0 Å². The van der Waals surface area contributed by atoms with Crippen LogP contribution in [0.4, 0.5) is 0 Å². The topological polar surface area (TPSA) is 104 Å². The third-order valence-electron chi connectivity index (χ3n) is 3.07. The zero-order valence-corrected chi connectivity index (χ0v) is 11.8. The van der Waals surface area contributed by atoms with E-state index in [-0.39, 0.29) is 6.42 Å². The van der Waals surface area contributed by atoms with Gasteiger partial charge in [0.25, 0.3) is 0 Å². The number of hydrogen-bond donors (Lipinski definition) is 2. The maximum absolute atomic E-state index is 11.9. The Bertz CT molecular complexity index is 481. The minimum absolute atomic E-state index is 0.190. The zero-order valence-electron chi connectivity index (χ0n) is 11.8. The lowest BCUT2D eigenvalue weighted by Crippen LogP contribution is -2.29. The molecule has 0 aromatic carbocycles. The van der Waals surface area contributed by atoms with Crippen LogP contribution in [0.2, 0.25) is 0 Å². The predicted molar refractivity (Wildman–Crippen MR) is 70.6 cm³/mol. The van der Waals surface area contributed by atoms with Crippen molar-refractivity contribution in [3.05, 3.63) is 23.5 Å². The third-order valence-corrected chi connectivity index (χ3v) is 3.07. The molecule has 0 spiro atoms. The molecule has 2 atom stereocenters. The molecular formula is C13H20N2O5. The number of nitrogens with zero attached hydrogens (tertiary/aromatic N) is 1. The molecule has 3 N–H and O–H groups in total. The number of carbonyl (C=O) groups excluding carboxylic acids is 2. The number of aryl methyl sites for hydroxylation is 1. The van der Waals surface area contributed by atoms with Gasteiger partial charge in [-0.3, -0.25) is 4.79 Å². The number of methoxy groups -OCH3 is 2. The number of hydrogen-bond acceptors (Lipinski definition) is 6. The van der Waals surface area contributed by atoms with Crippen molar-refractivity contribution in [3.8, 4) is 0 Å². The zero-order chi connectivity index (χ0) is 15.3. The van der Waals surface area contributed by atoms with Gasteiger partial charge in [-0.2, -0.15) is 0 Å². The van der Waals surface area contributed by atoms with E-state index < -0.39 is 24.2 Å². The molecule has 0 saturated heterocycles. The second kappa shape index (κ2) is 7.06. The number of esters is 2. The number of rotatable bonds is 6. The van der Waals surface area contributed by atoms with E-state index in [0.29, 0.717) is 12.1 Å². The van der Waals surface area contributed by atoms with Crippen molar-refractivity contribution in [3.63, 3.8) is 0 Å². The Kier molecular flexibility index (Phi) is 5.72. The van der Waals surface area contributed by atoms with Crippen molar-refractivity contribution in [2.45, 2.75) is 32.0 Å². The molecule has 0 aliphatic carbocycles. The smallest absolute Gasteiger partial charge is 0.329 e. The van der Waals surface area contributed by atoms with Gasteiger partial charge in [0.05, 0.1) is 26.3 Å². The maximum Gasteiger partial charge on any atom is 0.329 e. The van der Waals surface area contributed by atoms with E-state index in [9.17, 15) is 14.7 Å². The number of aromatic nitrogens is 1. The first-order valence-corrected chi connectivity index (χ1v) is 6.24. The maximum atomic E-state index is 11.9. The summed E-state index contributed by atoms with van der Waals surface area (Å²) in [5.74, 6) is -1.14. The van der Waals surface area contributed by atoms with Crippen LogP contribution in [0.25, 0.3) is 0 Å². The van der Waals surface area contributed by atoms with Crippen LogP contribution in [-0.4, -0.2) is 35.8 Å². The molecule has 1 unspecified atom stereocenters. The first kappa shape index (κ1) is 16.2. The van der Waals surface area contributed by atoms with E-state index in [0.717, 1.165) is 5.69 Å². The molecule has 1 heterocycles. The standard InChI is InChI=1S/C13H20N2O5/c1-4-8-5-6-9(12(14)17)15(8)10(13(18)20-3)7-11(16)19-2/h5-6,10,12,17H,4,7,14H2,1-3H3/t10-,12?/m1/s1. The van der Waals surface area contributed by atoms with Crippen molar-refractivity contribution in [2.75, 3.05) is 14.2 Å². The summed E-state index contributed by atoms with van der Waals surface area (Å²) in [6.07, 6.45) is -0.827. The van der Waals surface area contributed by atoms with E-state index in [1.165, 1.54) is 18.8 Å². The summed E-state index contributed by atoms with van der Waals surface area (Å²) in [4.78, 5) is 23.4. The van der Waals surface area contributed by atoms with Gasteiger partial charge in [0.15, 0.2) is 0 Å². The van der Waals surface area contributed by atoms with Gasteiger partial charge >= 0.3 is 11.9 Å². The van der Waals surface area contributed by atoms with Gasteiger partial charge in [0.1, 0.15) is 12.3 Å². The summed E-state index contributed by atoms with van der Waals surface area (Å²) in [6.45, 7) is 1.89. The lowest BCUT2D eigenvalue weighted by Gasteiger charge is -2.22. The lowest BCUT2D eigenvalue weighted by molar-refractivity contribution is -0.151. The quantitative estimate of drug-likeness (QED) is 0.574. The van der Waals surface area contributed by atoms with Gasteiger partial charge < -0.3 is 24.9 Å². The highest BCUT2D eigenvalue weighted by Crippen LogP contribution is 2.24. The lowest BCUT2D eigenvalue weighted by atomic mass is 10.1. The average Bonchev–Trinajstić information content (AvgIpc) is 2.87. The summed E-state index contributed by atoms with van der Waals surface area (Å²) >= 11 is 0. The molecular weight excluding hydrogens is 264 g/mol. The fraction of sp³-hybridized carbons (Fsp3) is 0.538. The Labute approximate surface area is 117 Å². The largest absolute Gasteiger partial charge is 0.469 e. The number of aliphatic hydroxyl groups is 1. The Morgan fingerprint density at radius 2 is 2.00 bits per heavy atom. The van der Waals surface area contributed by atoms with Gasteiger partial charge in [0.2, 0.25) is 0 Å². The van der Waals surface area contributed by atoms with Gasteiger partial charge in [-0.1, -0.05) is 6.92 Å². The van der Waals surface area contributed by atoms with Crippen LogP contribution in [0.3, 0.4) is 0 Å². The molecule has 7 heteroatoms. The SMILES string of the molecule is CCc1ccc(C(N)O)n1[C@H](CC(=O)OC)C(=O)OC. The number of ether oxygens (including phenoxy) is 2. The Hall–Kier alpha value is -1.86. The van der Waals surface area contributed by atoms with Crippen molar-refractivity contribution in [1.82, 2.24) is 4.57 Å². The molecule has 7 nitrogen and oxygen atoms in total. The van der Waals surface area contributed by atoms with Gasteiger partial charge in [-0.05, 0) is 18.6 Å². The highest BCUT2D eigenvalue weighted by atomic mass is 16.5. The molecule has 0 aliphatic heterocycles. The van der Waals surface area contributed by atoms with Crippen molar-refractivity contribution in [1.29, 1.82) is 0 Å². The van der Waals surface area contributed by atoms with Crippen LogP contribution in [0, 0.1) is 0 Å². The van der Waals surface area contributed by atoms with Crippen LogP contribution < -0.4 is 5.73 Å². The predicted octanol–water partition coefficient (Wildman–Crippen LogP) is 0.277. The summed E-state index contributed by atoms with van der Waals surface area (Å²) in [7, 11) is 2.48. The molecule has 0 fully saturated rings. The molecule has 0 aliphatic rings. The molecule has 1 aromatic heterocycles. The summed E-state index contributed by atoms with van der Waals surface area (Å²) in [6, 6.07) is 2.46. The van der Waals surface area contributed by atoms with Crippen LogP contribution in [0.15, 0.2) is 12.1 Å². The van der Waals surface area contributed by atoms with Gasteiger partial charge in [0, 0.05) is 5.69 Å². The fourth-order valence-electron chi connectivity index (χ4n) is 2.07. The minimum atomic E-state index is -1.25. The van der Waals surface area contributed by atoms with Crippen molar-refractivity contribution >= 4 is 11.9 Å². The highest BCUT2D eigenvalue weighted by Gasteiger charge is 2.29. The molecule has 0 amide bonds. The average molecular weight is 284 g/mol. The van der Waals surface area contributed by atoms with Crippen LogP contribution in [-0.2, 0) is 25.5 Å². The van der Waals surface area contributed by atoms with Crippen molar-refractivity contribution in [2.24, 2.45) is 5.73 Å². The van der Waals surface area contributed by atoms with Crippen LogP contribution in [0.5, 0.6) is 0 Å². The van der Waals surface area contributed by atoms with Gasteiger partial charge in [-0.15, -0.1) is 0 Å². The molecule has 1 rings (SSSR count). The number of nitrogens with two attached hydrogens (primary N) is 1. The number of carbonyl (C=O) groups is 2. The Morgan fingerprint density at radius 1 is 1.35 bits per heavy atom. The molecule has 0 bridgehead atoms. The summed E-state index contributed by atoms with van der Waals surface area (Å²) < 4.78 is 10.9. The Balaban J connectivity index is 3.28. The Morgan fingerprint density at radius 3 is 2.45 bits per heavy atom. The summed E-state index contributed by atoms with van der Waals surface area (Å²) in [5.41, 5.74) is 6.61. The van der Waals surface area contributed by atoms with Crippen molar-refractivity contribution < 1.29 is 24.2 Å². The molecule has 1 aromatic rings. The van der Waals surface area contributed by atoms with Crippen LogP contribution in [0.1, 0.15) is 37.0 Å². The minimum Gasteiger partial charge on any atom is -0.469 e. The summed E-state index contributed by atoms with van der Waals surface area (Å²) in [5, 5.41) is 9.60. The molecule has 0 saturated carbocycles. The fourth-order valence-corrected chi connectivity index (χ4v) is 2.07. The first-order valence-electron chi connectivity index (χ1n) is 6.24. The van der Waals surface area contributed by atoms with E-state index in [1.807, 2.05) is 6.92 Å². The second-order valence-electron chi connectivity index (χ2n) is 4.24. The molecule has 112 valence electrons. The third kappa shape index (κ3) is 3.37. The van der Waals surface area contributed by atoms with Gasteiger partial charge in [-0.25, -0.2) is 4.79 Å². The number of aliphatic hydroxyl groups excluding tert-OH is 1. The first-order chi connectivity index (χ1) is 9.46. The van der Waals surface area contributed by atoms with E-state index in [4.69, 9.17) is 10.5 Å². The normalized spacial score (nSPS) is 13.7. The second-order valence-corrected chi connectivity index (χ2v) is 4.24. The van der Waals surface area contributed by atoms with E-state index in [2.05, 4.69) is 4.74 Å². The van der Waals surface area contributed by atoms with Crippen LogP contribution >= 0.6 is 0 Å².